The maximum Gasteiger partial charge on any atom is 0.264 e. The van der Waals surface area contributed by atoms with Crippen molar-refractivity contribution >= 4 is 38.9 Å². The van der Waals surface area contributed by atoms with Crippen molar-refractivity contribution in [1.82, 2.24) is 0 Å². The summed E-state index contributed by atoms with van der Waals surface area (Å²) in [5.41, 5.74) is 1.02. The molecule has 0 saturated carbocycles. The molecule has 0 atom stereocenters. The number of nitrogens with one attached hydrogen (secondary N) is 1. The summed E-state index contributed by atoms with van der Waals surface area (Å²) in [5.74, 6) is -1.09. The molecule has 1 aliphatic rings. The maximum atomic E-state index is 13.5. The molecule has 170 valence electrons. The first-order chi connectivity index (χ1) is 15.8. The van der Waals surface area contributed by atoms with E-state index in [1.807, 2.05) is 0 Å². The van der Waals surface area contributed by atoms with Gasteiger partial charge in [-0.3, -0.25) is 18.8 Å². The van der Waals surface area contributed by atoms with E-state index < -0.39 is 34.2 Å². The number of sulfonamides is 1. The number of hydrogen-bond acceptors (Lipinski definition) is 5. The van der Waals surface area contributed by atoms with Crippen molar-refractivity contribution < 1.29 is 27.1 Å². The number of carbonyl (C=O) groups excluding carboxylic acids is 2. The van der Waals surface area contributed by atoms with Gasteiger partial charge in [-0.05, 0) is 60.7 Å². The Morgan fingerprint density at radius 3 is 2.39 bits per heavy atom. The number of ether oxygens (including phenoxy) is 1. The van der Waals surface area contributed by atoms with Crippen LogP contribution in [0, 0.1) is 5.82 Å². The summed E-state index contributed by atoms with van der Waals surface area (Å²) in [7, 11) is -2.75. The lowest BCUT2D eigenvalue weighted by Gasteiger charge is -2.31. The standard InChI is InChI=1S/C23H20FN3O5S/c1-32-18-10-12-19(13-11-18)33(30,31)27(17-8-6-16(24)7-9-17)15-23(29)26-14-22(28)25-20-4-2-3-5-21(20)26/h2-13H,14-15H2,1H3,(H,25,28). The van der Waals surface area contributed by atoms with Gasteiger partial charge in [0.05, 0.1) is 29.1 Å². The largest absolute Gasteiger partial charge is 0.497 e. The highest BCUT2D eigenvalue weighted by Gasteiger charge is 2.32. The molecule has 8 nitrogen and oxygen atoms in total. The molecule has 4 rings (SSSR count). The molecule has 2 amide bonds. The van der Waals surface area contributed by atoms with Gasteiger partial charge in [-0.15, -0.1) is 0 Å². The normalized spacial score (nSPS) is 13.2. The van der Waals surface area contributed by atoms with Crippen LogP contribution in [-0.2, 0) is 19.6 Å². The van der Waals surface area contributed by atoms with Gasteiger partial charge in [0.15, 0.2) is 0 Å². The molecule has 33 heavy (non-hydrogen) atoms. The van der Waals surface area contributed by atoms with Gasteiger partial charge in [-0.25, -0.2) is 12.8 Å². The van der Waals surface area contributed by atoms with Gasteiger partial charge in [0, 0.05) is 0 Å². The van der Waals surface area contributed by atoms with Gasteiger partial charge in [-0.1, -0.05) is 12.1 Å². The number of amides is 2. The van der Waals surface area contributed by atoms with E-state index in [1.165, 1.54) is 48.4 Å². The third kappa shape index (κ3) is 4.51. The van der Waals surface area contributed by atoms with Gasteiger partial charge in [0.1, 0.15) is 24.7 Å². The van der Waals surface area contributed by atoms with Crippen LogP contribution >= 0.6 is 0 Å². The molecule has 0 bridgehead atoms. The summed E-state index contributed by atoms with van der Waals surface area (Å²) in [6.45, 7) is -0.850. The second kappa shape index (κ2) is 8.91. The molecule has 0 aromatic heterocycles. The van der Waals surface area contributed by atoms with Gasteiger partial charge >= 0.3 is 0 Å². The Morgan fingerprint density at radius 1 is 1.06 bits per heavy atom. The number of methoxy groups -OCH3 is 1. The van der Waals surface area contributed by atoms with E-state index in [0.29, 0.717) is 17.1 Å². The first-order valence-corrected chi connectivity index (χ1v) is 11.4. The average molecular weight is 469 g/mol. The van der Waals surface area contributed by atoms with E-state index >= 15 is 0 Å². The van der Waals surface area contributed by atoms with E-state index in [-0.39, 0.29) is 17.1 Å². The van der Waals surface area contributed by atoms with Crippen molar-refractivity contribution in [2.45, 2.75) is 4.90 Å². The third-order valence-corrected chi connectivity index (χ3v) is 6.90. The zero-order valence-corrected chi connectivity index (χ0v) is 18.4. The van der Waals surface area contributed by atoms with Crippen LogP contribution in [0.25, 0.3) is 0 Å². The number of carbonyl (C=O) groups is 2. The van der Waals surface area contributed by atoms with Crippen LogP contribution in [0.4, 0.5) is 21.5 Å². The third-order valence-electron chi connectivity index (χ3n) is 5.11. The van der Waals surface area contributed by atoms with Gasteiger partial charge in [0.25, 0.3) is 10.0 Å². The van der Waals surface area contributed by atoms with Crippen LogP contribution in [0.15, 0.2) is 77.7 Å². The van der Waals surface area contributed by atoms with Crippen molar-refractivity contribution in [3.8, 4) is 5.75 Å². The van der Waals surface area contributed by atoms with Gasteiger partial charge < -0.3 is 10.1 Å². The Morgan fingerprint density at radius 2 is 1.73 bits per heavy atom. The molecule has 1 heterocycles. The van der Waals surface area contributed by atoms with Crippen LogP contribution in [0.5, 0.6) is 5.75 Å². The molecule has 3 aromatic rings. The molecule has 0 unspecified atom stereocenters. The fourth-order valence-corrected chi connectivity index (χ4v) is 4.88. The number of benzene rings is 3. The van der Waals surface area contributed by atoms with Gasteiger partial charge in [0.2, 0.25) is 11.8 Å². The molecule has 1 N–H and O–H groups in total. The number of hydrogen-bond donors (Lipinski definition) is 1. The fourth-order valence-electron chi connectivity index (χ4n) is 3.46. The number of rotatable bonds is 6. The number of nitrogens with zero attached hydrogens (tertiary/aromatic N) is 2. The Kier molecular flexibility index (Phi) is 6.01. The number of anilines is 3. The predicted octanol–water partition coefficient (Wildman–Crippen LogP) is 3.01. The topological polar surface area (TPSA) is 96.0 Å². The molecule has 0 fully saturated rings. The summed E-state index contributed by atoms with van der Waals surface area (Å²) in [4.78, 5) is 26.6. The summed E-state index contributed by atoms with van der Waals surface area (Å²) >= 11 is 0. The number of halogens is 1. The second-order valence-corrected chi connectivity index (χ2v) is 9.07. The van der Waals surface area contributed by atoms with Crippen molar-refractivity contribution in [3.05, 3.63) is 78.6 Å². The van der Waals surface area contributed by atoms with Crippen molar-refractivity contribution in [1.29, 1.82) is 0 Å². The zero-order chi connectivity index (χ0) is 23.6. The predicted molar refractivity (Wildman–Crippen MR) is 121 cm³/mol. The minimum Gasteiger partial charge on any atom is -0.497 e. The first kappa shape index (κ1) is 22.3. The Bertz CT molecular complexity index is 1290. The Balaban J connectivity index is 1.72. The van der Waals surface area contributed by atoms with Crippen LogP contribution < -0.4 is 19.3 Å². The van der Waals surface area contributed by atoms with Crippen LogP contribution in [0.2, 0.25) is 0 Å². The number of fused-ring (bicyclic) bond motifs is 1. The smallest absolute Gasteiger partial charge is 0.264 e. The van der Waals surface area contributed by atoms with E-state index in [0.717, 1.165) is 16.4 Å². The Hall–Kier alpha value is -3.92. The molecule has 10 heteroatoms. The van der Waals surface area contributed by atoms with Crippen molar-refractivity contribution in [3.63, 3.8) is 0 Å². The number of para-hydroxylation sites is 2. The second-order valence-electron chi connectivity index (χ2n) is 7.21. The molecule has 3 aromatic carbocycles. The highest BCUT2D eigenvalue weighted by Crippen LogP contribution is 2.30. The van der Waals surface area contributed by atoms with E-state index in [4.69, 9.17) is 4.74 Å². The lowest BCUT2D eigenvalue weighted by Crippen LogP contribution is -2.48. The highest BCUT2D eigenvalue weighted by molar-refractivity contribution is 7.92. The minimum atomic E-state index is -4.21. The van der Waals surface area contributed by atoms with E-state index in [2.05, 4.69) is 5.32 Å². The molecule has 1 aliphatic heterocycles. The molecule has 0 spiro atoms. The van der Waals surface area contributed by atoms with Crippen molar-refractivity contribution in [2.24, 2.45) is 0 Å². The Labute approximate surface area is 190 Å². The van der Waals surface area contributed by atoms with E-state index in [9.17, 15) is 22.4 Å². The summed E-state index contributed by atoms with van der Waals surface area (Å²) in [5, 5.41) is 2.68. The van der Waals surface area contributed by atoms with Crippen LogP contribution in [0.3, 0.4) is 0 Å². The molecule has 0 radical (unpaired) electrons. The van der Waals surface area contributed by atoms with E-state index in [1.54, 1.807) is 24.3 Å². The molecular formula is C23H20FN3O5S. The highest BCUT2D eigenvalue weighted by atomic mass is 32.2. The first-order valence-electron chi connectivity index (χ1n) is 9.91. The lowest BCUT2D eigenvalue weighted by molar-refractivity contribution is -0.121. The fraction of sp³-hybridized carbons (Fsp3) is 0.130. The quantitative estimate of drug-likeness (QED) is 0.599. The minimum absolute atomic E-state index is 0.0720. The molecule has 0 saturated heterocycles. The van der Waals surface area contributed by atoms with Crippen LogP contribution in [0.1, 0.15) is 0 Å². The summed E-state index contributed by atoms with van der Waals surface area (Å²) in [6.07, 6.45) is 0. The summed E-state index contributed by atoms with van der Waals surface area (Å²) < 4.78 is 46.5. The molecule has 0 aliphatic carbocycles. The monoisotopic (exact) mass is 469 g/mol. The van der Waals surface area contributed by atoms with Gasteiger partial charge in [-0.2, -0.15) is 0 Å². The van der Waals surface area contributed by atoms with Crippen molar-refractivity contribution in [2.75, 3.05) is 34.7 Å². The van der Waals surface area contributed by atoms with Crippen LogP contribution in [-0.4, -0.2) is 40.4 Å². The molecular weight excluding hydrogens is 449 g/mol. The SMILES string of the molecule is COc1ccc(S(=O)(=O)N(CC(=O)N2CC(=O)Nc3ccccc32)c2ccc(F)cc2)cc1. The zero-order valence-electron chi connectivity index (χ0n) is 17.6. The maximum absolute atomic E-state index is 13.5. The lowest BCUT2D eigenvalue weighted by atomic mass is 10.2. The summed E-state index contributed by atoms with van der Waals surface area (Å²) in [6, 6.07) is 17.2. The average Bonchev–Trinajstić information content (AvgIpc) is 2.82.